The molecule has 1 N–H and O–H groups in total. The third-order valence-corrected chi connectivity index (χ3v) is 2.53. The van der Waals surface area contributed by atoms with Crippen molar-refractivity contribution < 1.29 is 4.74 Å². The Morgan fingerprint density at radius 2 is 2.24 bits per heavy atom. The Morgan fingerprint density at radius 1 is 1.47 bits per heavy atom. The summed E-state index contributed by atoms with van der Waals surface area (Å²) in [6.45, 7) is 5.69. The number of rotatable bonds is 6. The van der Waals surface area contributed by atoms with Crippen LogP contribution in [0.1, 0.15) is 25.8 Å². The Bertz CT molecular complexity index is 399. The lowest BCUT2D eigenvalue weighted by molar-refractivity contribution is 0.305. The third-order valence-electron chi connectivity index (χ3n) is 2.22. The van der Waals surface area contributed by atoms with E-state index in [1.807, 2.05) is 0 Å². The van der Waals surface area contributed by atoms with Crippen molar-refractivity contribution in [3.05, 3.63) is 28.8 Å². The van der Waals surface area contributed by atoms with E-state index in [-0.39, 0.29) is 0 Å². The van der Waals surface area contributed by atoms with Crippen molar-refractivity contribution >= 4 is 11.6 Å². The molecular weight excluding hydrogens is 236 g/mol. The fourth-order valence-electron chi connectivity index (χ4n) is 1.38. The van der Waals surface area contributed by atoms with Crippen LogP contribution in [0.4, 0.5) is 0 Å². The molecule has 0 spiro atoms. The Balaban J connectivity index is 2.42. The molecule has 92 valence electrons. The van der Waals surface area contributed by atoms with Crippen LogP contribution >= 0.6 is 11.6 Å². The highest BCUT2D eigenvalue weighted by Crippen LogP contribution is 2.25. The minimum Gasteiger partial charge on any atom is -0.492 e. The molecule has 0 aromatic heterocycles. The van der Waals surface area contributed by atoms with Gasteiger partial charge in [-0.25, -0.2) is 0 Å². The van der Waals surface area contributed by atoms with E-state index >= 15 is 0 Å². The maximum atomic E-state index is 8.95. The molecule has 0 unspecified atom stereocenters. The van der Waals surface area contributed by atoms with Crippen molar-refractivity contribution in [2.45, 2.75) is 26.3 Å². The SMILES string of the molecule is CC(C)NCCCOc1cccc(Cl)c1C#N. The standard InChI is InChI=1S/C13H17ClN2O/c1-10(2)16-7-4-8-17-13-6-3-5-12(14)11(13)9-15/h3,5-6,10,16H,4,7-8H2,1-2H3. The molecule has 0 atom stereocenters. The van der Waals surface area contributed by atoms with E-state index in [1.54, 1.807) is 18.2 Å². The quantitative estimate of drug-likeness (QED) is 0.792. The van der Waals surface area contributed by atoms with Gasteiger partial charge in [0.1, 0.15) is 17.4 Å². The molecule has 0 saturated carbocycles. The van der Waals surface area contributed by atoms with Crippen molar-refractivity contribution in [2.24, 2.45) is 0 Å². The fourth-order valence-corrected chi connectivity index (χ4v) is 1.59. The van der Waals surface area contributed by atoms with Crippen LogP contribution in [0, 0.1) is 11.3 Å². The van der Waals surface area contributed by atoms with Gasteiger partial charge in [-0.05, 0) is 25.1 Å². The molecule has 0 saturated heterocycles. The molecule has 0 amide bonds. The highest BCUT2D eigenvalue weighted by molar-refractivity contribution is 6.31. The topological polar surface area (TPSA) is 45.0 Å². The molecule has 3 nitrogen and oxygen atoms in total. The zero-order chi connectivity index (χ0) is 12.7. The van der Waals surface area contributed by atoms with Crippen LogP contribution in [0.15, 0.2) is 18.2 Å². The zero-order valence-corrected chi connectivity index (χ0v) is 10.9. The molecule has 0 aliphatic carbocycles. The van der Waals surface area contributed by atoms with E-state index in [2.05, 4.69) is 25.2 Å². The summed E-state index contributed by atoms with van der Waals surface area (Å²) in [5, 5.41) is 12.7. The van der Waals surface area contributed by atoms with Crippen LogP contribution in [-0.2, 0) is 0 Å². The summed E-state index contributed by atoms with van der Waals surface area (Å²) < 4.78 is 5.54. The van der Waals surface area contributed by atoms with Gasteiger partial charge in [0.2, 0.25) is 0 Å². The maximum Gasteiger partial charge on any atom is 0.138 e. The number of hydrogen-bond donors (Lipinski definition) is 1. The summed E-state index contributed by atoms with van der Waals surface area (Å²) in [7, 11) is 0. The minimum absolute atomic E-state index is 0.408. The molecule has 1 aromatic carbocycles. The Hall–Kier alpha value is -1.24. The number of benzene rings is 1. The third kappa shape index (κ3) is 4.64. The first-order valence-electron chi connectivity index (χ1n) is 5.70. The van der Waals surface area contributed by atoms with E-state index in [1.165, 1.54) is 0 Å². The van der Waals surface area contributed by atoms with Gasteiger partial charge < -0.3 is 10.1 Å². The summed E-state index contributed by atoms with van der Waals surface area (Å²) in [5.74, 6) is 0.560. The summed E-state index contributed by atoms with van der Waals surface area (Å²) in [6.07, 6.45) is 0.898. The van der Waals surface area contributed by atoms with Crippen molar-refractivity contribution in [1.29, 1.82) is 5.26 Å². The van der Waals surface area contributed by atoms with Crippen molar-refractivity contribution in [3.8, 4) is 11.8 Å². The van der Waals surface area contributed by atoms with E-state index in [0.29, 0.717) is 29.0 Å². The zero-order valence-electron chi connectivity index (χ0n) is 10.2. The van der Waals surface area contributed by atoms with Crippen molar-refractivity contribution in [2.75, 3.05) is 13.2 Å². The molecule has 0 aliphatic heterocycles. The predicted molar refractivity (Wildman–Crippen MR) is 69.4 cm³/mol. The second-order valence-corrected chi connectivity index (χ2v) is 4.44. The number of halogens is 1. The molecule has 4 heteroatoms. The van der Waals surface area contributed by atoms with Gasteiger partial charge in [-0.1, -0.05) is 31.5 Å². The summed E-state index contributed by atoms with van der Waals surface area (Å²) in [5.41, 5.74) is 0.408. The minimum atomic E-state index is 0.408. The Morgan fingerprint density at radius 3 is 2.88 bits per heavy atom. The number of nitrogens with zero attached hydrogens (tertiary/aromatic N) is 1. The number of ether oxygens (including phenoxy) is 1. The van der Waals surface area contributed by atoms with Crippen LogP contribution in [0.2, 0.25) is 5.02 Å². The number of hydrogen-bond acceptors (Lipinski definition) is 3. The first-order valence-corrected chi connectivity index (χ1v) is 6.07. The fraction of sp³-hybridized carbons (Fsp3) is 0.462. The van der Waals surface area contributed by atoms with Crippen molar-refractivity contribution in [1.82, 2.24) is 5.32 Å². The Labute approximate surface area is 107 Å². The highest BCUT2D eigenvalue weighted by Gasteiger charge is 2.06. The molecule has 0 radical (unpaired) electrons. The lowest BCUT2D eigenvalue weighted by atomic mass is 10.2. The van der Waals surface area contributed by atoms with Gasteiger partial charge in [0, 0.05) is 6.04 Å². The normalized spacial score (nSPS) is 10.3. The molecule has 1 aromatic rings. The second-order valence-electron chi connectivity index (χ2n) is 4.04. The van der Waals surface area contributed by atoms with Gasteiger partial charge in [-0.3, -0.25) is 0 Å². The van der Waals surface area contributed by atoms with Gasteiger partial charge in [0.25, 0.3) is 0 Å². The van der Waals surface area contributed by atoms with E-state index in [4.69, 9.17) is 21.6 Å². The monoisotopic (exact) mass is 252 g/mol. The van der Waals surface area contributed by atoms with Gasteiger partial charge in [-0.2, -0.15) is 5.26 Å². The second kappa shape index (κ2) is 7.16. The molecule has 0 bridgehead atoms. The largest absolute Gasteiger partial charge is 0.492 e. The van der Waals surface area contributed by atoms with E-state index in [9.17, 15) is 0 Å². The Kier molecular flexibility index (Phi) is 5.82. The van der Waals surface area contributed by atoms with Gasteiger partial charge in [0.05, 0.1) is 11.6 Å². The molecular formula is C13H17ClN2O. The van der Waals surface area contributed by atoms with Crippen LogP contribution in [0.5, 0.6) is 5.75 Å². The predicted octanol–water partition coefficient (Wildman–Crippen LogP) is 2.98. The average molecular weight is 253 g/mol. The molecule has 0 fully saturated rings. The van der Waals surface area contributed by atoms with E-state index in [0.717, 1.165) is 13.0 Å². The molecule has 0 aliphatic rings. The lowest BCUT2D eigenvalue weighted by Gasteiger charge is -2.10. The number of nitrogens with one attached hydrogen (secondary N) is 1. The van der Waals surface area contributed by atoms with Gasteiger partial charge in [0.15, 0.2) is 0 Å². The van der Waals surface area contributed by atoms with Crippen molar-refractivity contribution in [3.63, 3.8) is 0 Å². The molecule has 0 heterocycles. The lowest BCUT2D eigenvalue weighted by Crippen LogP contribution is -2.24. The van der Waals surface area contributed by atoms with Crippen LogP contribution in [0.3, 0.4) is 0 Å². The maximum absolute atomic E-state index is 8.95. The molecule has 1 rings (SSSR count). The number of nitriles is 1. The van der Waals surface area contributed by atoms with Crippen LogP contribution in [0.25, 0.3) is 0 Å². The highest BCUT2D eigenvalue weighted by atomic mass is 35.5. The van der Waals surface area contributed by atoms with Gasteiger partial charge >= 0.3 is 0 Å². The van der Waals surface area contributed by atoms with Crippen LogP contribution < -0.4 is 10.1 Å². The summed E-state index contributed by atoms with van der Waals surface area (Å²) >= 11 is 5.90. The first-order chi connectivity index (χ1) is 8.15. The average Bonchev–Trinajstić information content (AvgIpc) is 2.28. The molecule has 17 heavy (non-hydrogen) atoms. The first kappa shape index (κ1) is 13.8. The summed E-state index contributed by atoms with van der Waals surface area (Å²) in [6, 6.07) is 7.77. The van der Waals surface area contributed by atoms with Crippen LogP contribution in [-0.4, -0.2) is 19.2 Å². The summed E-state index contributed by atoms with van der Waals surface area (Å²) in [4.78, 5) is 0. The smallest absolute Gasteiger partial charge is 0.138 e. The van der Waals surface area contributed by atoms with E-state index < -0.39 is 0 Å². The van der Waals surface area contributed by atoms with Gasteiger partial charge in [-0.15, -0.1) is 0 Å².